The Balaban J connectivity index is 1.45. The maximum atomic E-state index is 12.7. The zero-order valence-corrected chi connectivity index (χ0v) is 11.2. The molecule has 1 aromatic heterocycles. The van der Waals surface area contributed by atoms with E-state index < -0.39 is 0 Å². The maximum Gasteiger partial charge on any atom is 0.222 e. The second-order valence-electron chi connectivity index (χ2n) is 5.69. The van der Waals surface area contributed by atoms with E-state index in [4.69, 9.17) is 0 Å². The fourth-order valence-corrected chi connectivity index (χ4v) is 3.27. The topological polar surface area (TPSA) is 41.1 Å². The first-order valence-electron chi connectivity index (χ1n) is 7.27. The molecule has 1 saturated heterocycles. The fourth-order valence-electron chi connectivity index (χ4n) is 3.27. The van der Waals surface area contributed by atoms with Gasteiger partial charge in [0.25, 0.3) is 0 Å². The highest BCUT2D eigenvalue weighted by Crippen LogP contribution is 2.28. The van der Waals surface area contributed by atoms with Gasteiger partial charge in [-0.05, 0) is 31.7 Å². The van der Waals surface area contributed by atoms with Gasteiger partial charge in [0, 0.05) is 19.1 Å². The minimum absolute atomic E-state index is 0.390. The van der Waals surface area contributed by atoms with Crippen molar-refractivity contribution in [3.63, 3.8) is 0 Å². The molecular weight excluding hydrogens is 243 g/mol. The largest absolute Gasteiger partial charge is 0.354 e. The molecule has 0 bridgehead atoms. The molecule has 0 radical (unpaired) electrons. The monoisotopic (exact) mass is 264 g/mol. The summed E-state index contributed by atoms with van der Waals surface area (Å²) >= 11 is 0. The smallest absolute Gasteiger partial charge is 0.222 e. The van der Waals surface area contributed by atoms with E-state index in [9.17, 15) is 4.39 Å². The maximum absolute atomic E-state index is 12.7. The van der Waals surface area contributed by atoms with E-state index >= 15 is 0 Å². The Hall–Kier alpha value is -1.23. The van der Waals surface area contributed by atoms with Gasteiger partial charge in [-0.1, -0.05) is 12.8 Å². The second-order valence-corrected chi connectivity index (χ2v) is 5.69. The van der Waals surface area contributed by atoms with Gasteiger partial charge in [0.15, 0.2) is 5.82 Å². The molecule has 0 aromatic carbocycles. The molecular formula is C14H21FN4. The van der Waals surface area contributed by atoms with Crippen molar-refractivity contribution >= 4 is 5.95 Å². The van der Waals surface area contributed by atoms with Crippen LogP contribution >= 0.6 is 0 Å². The number of halogens is 1. The molecule has 0 spiro atoms. The Labute approximate surface area is 113 Å². The molecule has 1 aliphatic carbocycles. The average Bonchev–Trinajstić information content (AvgIpc) is 3.09. The molecule has 1 aliphatic heterocycles. The summed E-state index contributed by atoms with van der Waals surface area (Å²) in [5.74, 6) is 0.800. The number of rotatable bonds is 4. The van der Waals surface area contributed by atoms with Crippen molar-refractivity contribution in [2.24, 2.45) is 5.92 Å². The van der Waals surface area contributed by atoms with Gasteiger partial charge in [0.05, 0.1) is 12.4 Å². The van der Waals surface area contributed by atoms with Crippen LogP contribution in [-0.2, 0) is 0 Å². The van der Waals surface area contributed by atoms with Gasteiger partial charge in [-0.15, -0.1) is 0 Å². The van der Waals surface area contributed by atoms with E-state index in [0.29, 0.717) is 11.9 Å². The highest BCUT2D eigenvalue weighted by Gasteiger charge is 2.29. The standard InChI is InChI=1S/C14H21FN4/c15-12-8-17-14(18-9-12)16-7-11-5-6-19(10-11)13-3-1-2-4-13/h8-9,11,13H,1-7,10H2,(H,16,17,18)/t11-/m0/s1. The molecule has 104 valence electrons. The Kier molecular flexibility index (Phi) is 3.92. The number of nitrogens with one attached hydrogen (secondary N) is 1. The molecule has 3 rings (SSSR count). The predicted molar refractivity (Wildman–Crippen MR) is 72.4 cm³/mol. The Morgan fingerprint density at radius 3 is 2.68 bits per heavy atom. The van der Waals surface area contributed by atoms with E-state index in [0.717, 1.165) is 12.6 Å². The van der Waals surface area contributed by atoms with Crippen molar-refractivity contribution in [1.82, 2.24) is 14.9 Å². The highest BCUT2D eigenvalue weighted by atomic mass is 19.1. The summed E-state index contributed by atoms with van der Waals surface area (Å²) in [5, 5.41) is 3.21. The first-order valence-corrected chi connectivity index (χ1v) is 7.27. The summed E-state index contributed by atoms with van der Waals surface area (Å²) in [6.45, 7) is 3.29. The fraction of sp³-hybridized carbons (Fsp3) is 0.714. The normalized spacial score (nSPS) is 25.0. The number of aromatic nitrogens is 2. The van der Waals surface area contributed by atoms with Gasteiger partial charge in [-0.25, -0.2) is 14.4 Å². The zero-order valence-electron chi connectivity index (χ0n) is 11.2. The van der Waals surface area contributed by atoms with Crippen LogP contribution in [0.3, 0.4) is 0 Å². The molecule has 1 N–H and O–H groups in total. The molecule has 19 heavy (non-hydrogen) atoms. The minimum Gasteiger partial charge on any atom is -0.354 e. The molecule has 1 aromatic rings. The zero-order chi connectivity index (χ0) is 13.1. The minimum atomic E-state index is -0.390. The summed E-state index contributed by atoms with van der Waals surface area (Å²) < 4.78 is 12.7. The van der Waals surface area contributed by atoms with E-state index in [1.165, 1.54) is 57.6 Å². The Morgan fingerprint density at radius 2 is 1.95 bits per heavy atom. The molecule has 2 fully saturated rings. The van der Waals surface area contributed by atoms with Gasteiger partial charge < -0.3 is 10.2 Å². The number of anilines is 1. The number of nitrogens with zero attached hydrogens (tertiary/aromatic N) is 3. The third kappa shape index (κ3) is 3.21. The number of hydrogen-bond acceptors (Lipinski definition) is 4. The lowest BCUT2D eigenvalue weighted by molar-refractivity contribution is 0.238. The number of likely N-dealkylation sites (tertiary alicyclic amines) is 1. The summed E-state index contributed by atoms with van der Waals surface area (Å²) in [4.78, 5) is 10.5. The van der Waals surface area contributed by atoms with E-state index in [1.807, 2.05) is 0 Å². The van der Waals surface area contributed by atoms with Crippen LogP contribution in [0.4, 0.5) is 10.3 Å². The van der Waals surface area contributed by atoms with Gasteiger partial charge in [0.2, 0.25) is 5.95 Å². The van der Waals surface area contributed by atoms with Crippen LogP contribution in [-0.4, -0.2) is 40.5 Å². The molecule has 2 heterocycles. The molecule has 0 amide bonds. The summed E-state index contributed by atoms with van der Waals surface area (Å²) in [7, 11) is 0. The van der Waals surface area contributed by atoms with Crippen molar-refractivity contribution in [2.75, 3.05) is 25.0 Å². The van der Waals surface area contributed by atoms with E-state index in [1.54, 1.807) is 0 Å². The van der Waals surface area contributed by atoms with Crippen LogP contribution in [0.1, 0.15) is 32.1 Å². The molecule has 5 heteroatoms. The molecule has 0 unspecified atom stereocenters. The van der Waals surface area contributed by atoms with Crippen molar-refractivity contribution < 1.29 is 4.39 Å². The SMILES string of the molecule is Fc1cnc(NC[C@@H]2CCN(C3CCCC3)C2)nc1. The molecule has 2 aliphatic rings. The third-order valence-electron chi connectivity index (χ3n) is 4.33. The number of hydrogen-bond donors (Lipinski definition) is 1. The van der Waals surface area contributed by atoms with E-state index in [2.05, 4.69) is 20.2 Å². The van der Waals surface area contributed by atoms with Crippen LogP contribution in [0.25, 0.3) is 0 Å². The third-order valence-corrected chi connectivity index (χ3v) is 4.33. The van der Waals surface area contributed by atoms with Crippen LogP contribution < -0.4 is 5.32 Å². The quantitative estimate of drug-likeness (QED) is 0.906. The second kappa shape index (κ2) is 5.82. The first-order chi connectivity index (χ1) is 9.31. The Bertz CT molecular complexity index is 402. The summed E-state index contributed by atoms with van der Waals surface area (Å²) in [6, 6.07) is 0.826. The van der Waals surface area contributed by atoms with Gasteiger partial charge in [-0.2, -0.15) is 0 Å². The predicted octanol–water partition coefficient (Wildman–Crippen LogP) is 2.29. The van der Waals surface area contributed by atoms with Gasteiger partial charge in [-0.3, -0.25) is 0 Å². The Morgan fingerprint density at radius 1 is 1.21 bits per heavy atom. The average molecular weight is 264 g/mol. The molecule has 4 nitrogen and oxygen atoms in total. The van der Waals surface area contributed by atoms with Crippen molar-refractivity contribution in [1.29, 1.82) is 0 Å². The van der Waals surface area contributed by atoms with Crippen LogP contribution in [0.5, 0.6) is 0 Å². The summed E-state index contributed by atoms with van der Waals surface area (Å²) in [6.07, 6.45) is 9.19. The first kappa shape index (κ1) is 12.8. The van der Waals surface area contributed by atoms with Crippen LogP contribution in [0, 0.1) is 11.7 Å². The van der Waals surface area contributed by atoms with Crippen LogP contribution in [0.15, 0.2) is 12.4 Å². The van der Waals surface area contributed by atoms with Crippen LogP contribution in [0.2, 0.25) is 0 Å². The van der Waals surface area contributed by atoms with Gasteiger partial charge in [0.1, 0.15) is 0 Å². The highest BCUT2D eigenvalue weighted by molar-refractivity contribution is 5.22. The lowest BCUT2D eigenvalue weighted by Crippen LogP contribution is -2.31. The molecule has 1 atom stereocenters. The lowest BCUT2D eigenvalue weighted by Gasteiger charge is -2.23. The summed E-state index contributed by atoms with van der Waals surface area (Å²) in [5.41, 5.74) is 0. The molecule has 1 saturated carbocycles. The van der Waals surface area contributed by atoms with Crippen molar-refractivity contribution in [3.8, 4) is 0 Å². The lowest BCUT2D eigenvalue weighted by atomic mass is 10.1. The van der Waals surface area contributed by atoms with Crippen molar-refractivity contribution in [2.45, 2.75) is 38.1 Å². The van der Waals surface area contributed by atoms with E-state index in [-0.39, 0.29) is 5.82 Å². The van der Waals surface area contributed by atoms with Gasteiger partial charge >= 0.3 is 0 Å². The van der Waals surface area contributed by atoms with Crippen molar-refractivity contribution in [3.05, 3.63) is 18.2 Å².